The van der Waals surface area contributed by atoms with Gasteiger partial charge in [0.25, 0.3) is 0 Å². The topological polar surface area (TPSA) is 129 Å². The molecule has 4 aliphatic heterocycles. The second-order valence-electron chi connectivity index (χ2n) is 10.1. The van der Waals surface area contributed by atoms with Crippen LogP contribution in [0.25, 0.3) is 0 Å². The maximum atomic E-state index is 13.3. The average Bonchev–Trinajstić information content (AvgIpc) is 3.36. The minimum absolute atomic E-state index is 0.145. The average molecular weight is 434 g/mol. The lowest BCUT2D eigenvalue weighted by atomic mass is 9.57. The largest absolute Gasteiger partial charge is 0.482 e. The Labute approximate surface area is 179 Å². The van der Waals surface area contributed by atoms with Crippen LogP contribution < -0.4 is 0 Å². The first kappa shape index (κ1) is 20.6. The van der Waals surface area contributed by atoms with Gasteiger partial charge in [0.1, 0.15) is 29.0 Å². The van der Waals surface area contributed by atoms with Crippen LogP contribution >= 0.6 is 0 Å². The van der Waals surface area contributed by atoms with Crippen LogP contribution in [0.1, 0.15) is 47.5 Å². The number of fused-ring (bicyclic) bond motifs is 2. The number of epoxide rings is 1. The normalized spacial score (nSPS) is 50.3. The molecule has 0 amide bonds. The van der Waals surface area contributed by atoms with E-state index in [1.165, 1.54) is 13.8 Å². The fraction of sp³-hybridized carbons (Fsp3) is 0.727. The van der Waals surface area contributed by atoms with Crippen LogP contribution in [0.15, 0.2) is 11.3 Å². The molecule has 31 heavy (non-hydrogen) atoms. The van der Waals surface area contributed by atoms with Crippen LogP contribution in [-0.4, -0.2) is 63.7 Å². The van der Waals surface area contributed by atoms with Crippen molar-refractivity contribution in [1.82, 2.24) is 0 Å². The fourth-order valence-corrected chi connectivity index (χ4v) is 6.08. The number of hydrogen-bond acceptors (Lipinski definition) is 9. The minimum Gasteiger partial charge on any atom is -0.482 e. The molecule has 168 valence electrons. The van der Waals surface area contributed by atoms with Gasteiger partial charge in [0.05, 0.1) is 5.92 Å². The Kier molecular flexibility index (Phi) is 3.96. The summed E-state index contributed by atoms with van der Waals surface area (Å²) in [5, 5.41) is 10.8. The Morgan fingerprint density at radius 1 is 1.13 bits per heavy atom. The Morgan fingerprint density at radius 3 is 2.45 bits per heavy atom. The van der Waals surface area contributed by atoms with Crippen molar-refractivity contribution in [2.75, 3.05) is 0 Å². The molecule has 0 radical (unpaired) electrons. The molecule has 1 spiro atoms. The van der Waals surface area contributed by atoms with Gasteiger partial charge in [-0.3, -0.25) is 14.4 Å². The summed E-state index contributed by atoms with van der Waals surface area (Å²) in [5.41, 5.74) is -4.41. The van der Waals surface area contributed by atoms with Crippen LogP contribution in [0.3, 0.4) is 0 Å². The molecule has 1 N–H and O–H groups in total. The van der Waals surface area contributed by atoms with Gasteiger partial charge in [0.2, 0.25) is 0 Å². The predicted octanol–water partition coefficient (Wildman–Crippen LogP) is 0.609. The highest BCUT2D eigenvalue weighted by Crippen LogP contribution is 2.64. The second kappa shape index (κ2) is 5.95. The van der Waals surface area contributed by atoms with Gasteiger partial charge in [-0.25, -0.2) is 4.79 Å². The van der Waals surface area contributed by atoms with Crippen molar-refractivity contribution in [3.8, 4) is 0 Å². The molecule has 0 aromatic rings. The third-order valence-electron chi connectivity index (χ3n) is 7.79. The first-order valence-corrected chi connectivity index (χ1v) is 10.6. The number of esters is 2. The number of Topliss-reactive ketones (excluding diaryl/α,β-unsaturated/α-hetero) is 2. The molecule has 5 bridgehead atoms. The summed E-state index contributed by atoms with van der Waals surface area (Å²) in [6.07, 6.45) is -2.39. The van der Waals surface area contributed by atoms with E-state index in [2.05, 4.69) is 0 Å². The van der Waals surface area contributed by atoms with E-state index in [9.17, 15) is 24.3 Å². The number of ketones is 2. The Morgan fingerprint density at radius 2 is 1.81 bits per heavy atom. The van der Waals surface area contributed by atoms with Crippen LogP contribution in [0, 0.1) is 17.8 Å². The van der Waals surface area contributed by atoms with Gasteiger partial charge < -0.3 is 24.1 Å². The molecule has 9 heteroatoms. The minimum atomic E-state index is -1.81. The Hall–Kier alpha value is -2.26. The lowest BCUT2D eigenvalue weighted by molar-refractivity contribution is -0.279. The zero-order chi connectivity index (χ0) is 22.7. The summed E-state index contributed by atoms with van der Waals surface area (Å²) in [6.45, 7) is 7.86. The van der Waals surface area contributed by atoms with Gasteiger partial charge in [-0.1, -0.05) is 13.8 Å². The van der Waals surface area contributed by atoms with E-state index < -0.39 is 70.5 Å². The SMILES string of the molecule is CC(=O)OC1C2C3OC3C(=O)C(C)(O)CC(C)C(=O)C3=C4OC1(C)C(C)CC42OC3=O. The molecular weight excluding hydrogens is 408 g/mol. The number of carbonyl (C=O) groups excluding carboxylic acids is 4. The maximum absolute atomic E-state index is 13.3. The first-order chi connectivity index (χ1) is 14.3. The van der Waals surface area contributed by atoms with Crippen LogP contribution in [-0.2, 0) is 38.1 Å². The van der Waals surface area contributed by atoms with Crippen molar-refractivity contribution >= 4 is 23.5 Å². The zero-order valence-corrected chi connectivity index (χ0v) is 18.1. The van der Waals surface area contributed by atoms with Gasteiger partial charge >= 0.3 is 11.9 Å². The molecule has 0 aromatic heterocycles. The second-order valence-corrected chi connectivity index (χ2v) is 10.1. The number of hydrogen-bond donors (Lipinski definition) is 1. The molecule has 1 saturated carbocycles. The molecule has 9 atom stereocenters. The highest BCUT2D eigenvalue weighted by Gasteiger charge is 2.78. The molecule has 9 unspecified atom stereocenters. The van der Waals surface area contributed by atoms with E-state index in [1.54, 1.807) is 13.8 Å². The molecule has 6 rings (SSSR count). The lowest BCUT2D eigenvalue weighted by Gasteiger charge is -2.60. The number of ether oxygens (including phenoxy) is 4. The summed E-state index contributed by atoms with van der Waals surface area (Å²) < 4.78 is 23.6. The van der Waals surface area contributed by atoms with Crippen LogP contribution in [0.4, 0.5) is 0 Å². The van der Waals surface area contributed by atoms with E-state index in [0.717, 1.165) is 0 Å². The number of aliphatic hydroxyl groups is 1. The Balaban J connectivity index is 1.74. The van der Waals surface area contributed by atoms with E-state index in [4.69, 9.17) is 18.9 Å². The highest BCUT2D eigenvalue weighted by atomic mass is 16.6. The Bertz CT molecular complexity index is 964. The predicted molar refractivity (Wildman–Crippen MR) is 101 cm³/mol. The van der Waals surface area contributed by atoms with E-state index in [1.807, 2.05) is 6.92 Å². The standard InChI is InChI=1S/C22H26O9/c1-8-6-20(4,27)16(25)15-14(29-15)12-18(28-10(3)23)21(5)9(2)7-22(12)17(30-21)11(13(8)24)19(26)31-22/h8-9,12,14-15,18,27H,6-7H2,1-5H3. The maximum Gasteiger partial charge on any atom is 0.346 e. The quantitative estimate of drug-likeness (QED) is 0.358. The van der Waals surface area contributed by atoms with Crippen molar-refractivity contribution in [2.24, 2.45) is 17.8 Å². The number of carbonyl (C=O) groups is 4. The molecule has 4 heterocycles. The first-order valence-electron chi connectivity index (χ1n) is 10.6. The number of rotatable bonds is 1. The highest BCUT2D eigenvalue weighted by molar-refractivity contribution is 6.20. The third kappa shape index (κ3) is 2.50. The summed E-state index contributed by atoms with van der Waals surface area (Å²) >= 11 is 0. The van der Waals surface area contributed by atoms with Gasteiger partial charge in [-0.15, -0.1) is 0 Å². The summed E-state index contributed by atoms with van der Waals surface area (Å²) in [6, 6.07) is 0. The summed E-state index contributed by atoms with van der Waals surface area (Å²) in [7, 11) is 0. The van der Waals surface area contributed by atoms with Crippen molar-refractivity contribution in [2.45, 2.75) is 82.6 Å². The molecule has 6 aliphatic rings. The van der Waals surface area contributed by atoms with Crippen molar-refractivity contribution in [3.05, 3.63) is 11.3 Å². The molecule has 4 fully saturated rings. The van der Waals surface area contributed by atoms with Crippen LogP contribution in [0.5, 0.6) is 0 Å². The summed E-state index contributed by atoms with van der Waals surface area (Å²) in [5.74, 6) is -4.01. The van der Waals surface area contributed by atoms with Gasteiger partial charge in [-0.05, 0) is 20.3 Å². The molecule has 0 aromatic carbocycles. The molecule has 3 saturated heterocycles. The molecular formula is C22H26O9. The van der Waals surface area contributed by atoms with E-state index in [-0.39, 0.29) is 23.7 Å². The van der Waals surface area contributed by atoms with E-state index >= 15 is 0 Å². The monoisotopic (exact) mass is 434 g/mol. The zero-order valence-electron chi connectivity index (χ0n) is 18.1. The fourth-order valence-electron chi connectivity index (χ4n) is 6.08. The van der Waals surface area contributed by atoms with Gasteiger partial charge in [-0.2, -0.15) is 0 Å². The van der Waals surface area contributed by atoms with Crippen LogP contribution in [0.2, 0.25) is 0 Å². The summed E-state index contributed by atoms with van der Waals surface area (Å²) in [4.78, 5) is 51.3. The van der Waals surface area contributed by atoms with E-state index in [0.29, 0.717) is 6.42 Å². The van der Waals surface area contributed by atoms with Gasteiger partial charge in [0.15, 0.2) is 29.0 Å². The molecule has 9 nitrogen and oxygen atoms in total. The molecule has 2 aliphatic carbocycles. The van der Waals surface area contributed by atoms with Crippen molar-refractivity contribution < 1.29 is 43.2 Å². The van der Waals surface area contributed by atoms with Crippen molar-refractivity contribution in [1.29, 1.82) is 0 Å². The van der Waals surface area contributed by atoms with Gasteiger partial charge in [0, 0.05) is 25.2 Å². The third-order valence-corrected chi connectivity index (χ3v) is 7.79. The lowest BCUT2D eigenvalue weighted by Crippen LogP contribution is -2.71. The smallest absolute Gasteiger partial charge is 0.346 e. The van der Waals surface area contributed by atoms with Crippen molar-refractivity contribution in [3.63, 3.8) is 0 Å².